The summed E-state index contributed by atoms with van der Waals surface area (Å²) in [5.41, 5.74) is 3.24. The van der Waals surface area contributed by atoms with Gasteiger partial charge >= 0.3 is 0 Å². The van der Waals surface area contributed by atoms with Crippen LogP contribution < -0.4 is 0 Å². The molecule has 0 spiro atoms. The summed E-state index contributed by atoms with van der Waals surface area (Å²) in [6.45, 7) is 6.42. The van der Waals surface area contributed by atoms with Crippen LogP contribution in [0.4, 0.5) is 0 Å². The summed E-state index contributed by atoms with van der Waals surface area (Å²) in [4.78, 5) is 4.63. The zero-order valence-corrected chi connectivity index (χ0v) is 10.7. The summed E-state index contributed by atoms with van der Waals surface area (Å²) < 4.78 is 0. The molecule has 0 bridgehead atoms. The van der Waals surface area contributed by atoms with Crippen molar-refractivity contribution in [1.82, 2.24) is 4.98 Å². The standard InChI is InChI=1S/C14H16ClN/c1-9(2)6-12-5-4-11-7-10(3)13(15)8-14(11)16-12/h4-5,7-9H,6H2,1-3H3. The summed E-state index contributed by atoms with van der Waals surface area (Å²) in [5, 5.41) is 1.95. The molecule has 0 N–H and O–H groups in total. The fourth-order valence-corrected chi connectivity index (χ4v) is 1.99. The molecule has 1 heterocycles. The Balaban J connectivity index is 2.49. The van der Waals surface area contributed by atoms with Crippen molar-refractivity contribution in [2.75, 3.05) is 0 Å². The Labute approximate surface area is 101 Å². The Morgan fingerprint density at radius 3 is 2.69 bits per heavy atom. The molecular weight excluding hydrogens is 218 g/mol. The van der Waals surface area contributed by atoms with Gasteiger partial charge in [-0.05, 0) is 43.0 Å². The lowest BCUT2D eigenvalue weighted by molar-refractivity contribution is 0.637. The highest BCUT2D eigenvalue weighted by molar-refractivity contribution is 6.32. The zero-order chi connectivity index (χ0) is 11.7. The summed E-state index contributed by atoms with van der Waals surface area (Å²) in [5.74, 6) is 0.630. The first-order valence-corrected chi connectivity index (χ1v) is 6.00. The normalized spacial score (nSPS) is 11.3. The number of benzene rings is 1. The van der Waals surface area contributed by atoms with Gasteiger partial charge in [0.1, 0.15) is 0 Å². The molecule has 1 aromatic heterocycles. The Morgan fingerprint density at radius 2 is 2.00 bits per heavy atom. The molecule has 0 unspecified atom stereocenters. The maximum absolute atomic E-state index is 6.11. The SMILES string of the molecule is Cc1cc2ccc(CC(C)C)nc2cc1Cl. The lowest BCUT2D eigenvalue weighted by atomic mass is 10.1. The van der Waals surface area contributed by atoms with Gasteiger partial charge in [0.2, 0.25) is 0 Å². The number of rotatable bonds is 2. The maximum atomic E-state index is 6.11. The van der Waals surface area contributed by atoms with Crippen LogP contribution in [-0.2, 0) is 6.42 Å². The maximum Gasteiger partial charge on any atom is 0.0720 e. The van der Waals surface area contributed by atoms with Crippen molar-refractivity contribution in [2.45, 2.75) is 27.2 Å². The predicted molar refractivity (Wildman–Crippen MR) is 70.0 cm³/mol. The van der Waals surface area contributed by atoms with Crippen LogP contribution in [0.5, 0.6) is 0 Å². The summed E-state index contributed by atoms with van der Waals surface area (Å²) >= 11 is 6.11. The third kappa shape index (κ3) is 2.35. The molecule has 0 radical (unpaired) electrons. The van der Waals surface area contributed by atoms with Gasteiger partial charge in [-0.3, -0.25) is 4.98 Å². The number of nitrogens with zero attached hydrogens (tertiary/aromatic N) is 1. The summed E-state index contributed by atoms with van der Waals surface area (Å²) in [6.07, 6.45) is 1.02. The van der Waals surface area contributed by atoms with E-state index in [-0.39, 0.29) is 0 Å². The van der Waals surface area contributed by atoms with Gasteiger partial charge in [0, 0.05) is 16.1 Å². The molecule has 1 aromatic carbocycles. The molecule has 1 nitrogen and oxygen atoms in total. The Kier molecular flexibility index (Phi) is 3.15. The first-order chi connectivity index (χ1) is 7.56. The molecular formula is C14H16ClN. The molecule has 0 atom stereocenters. The van der Waals surface area contributed by atoms with Crippen LogP contribution in [0.3, 0.4) is 0 Å². The van der Waals surface area contributed by atoms with Gasteiger partial charge in [-0.2, -0.15) is 0 Å². The second-order valence-corrected chi connectivity index (χ2v) is 5.10. The van der Waals surface area contributed by atoms with E-state index in [9.17, 15) is 0 Å². The van der Waals surface area contributed by atoms with Crippen LogP contribution in [0.15, 0.2) is 24.3 Å². The summed E-state index contributed by atoms with van der Waals surface area (Å²) in [6, 6.07) is 8.28. The Morgan fingerprint density at radius 1 is 1.25 bits per heavy atom. The lowest BCUT2D eigenvalue weighted by Crippen LogP contribution is -1.97. The molecule has 16 heavy (non-hydrogen) atoms. The van der Waals surface area contributed by atoms with Gasteiger partial charge < -0.3 is 0 Å². The van der Waals surface area contributed by atoms with Crippen molar-refractivity contribution in [1.29, 1.82) is 0 Å². The van der Waals surface area contributed by atoms with Crippen LogP contribution in [0.1, 0.15) is 25.1 Å². The van der Waals surface area contributed by atoms with Crippen molar-refractivity contribution in [3.05, 3.63) is 40.5 Å². The molecule has 2 aromatic rings. The third-order valence-corrected chi connectivity index (χ3v) is 3.05. The highest BCUT2D eigenvalue weighted by Crippen LogP contribution is 2.22. The molecule has 0 aliphatic heterocycles. The number of hydrogen-bond donors (Lipinski definition) is 0. The molecule has 2 rings (SSSR count). The molecule has 2 heteroatoms. The van der Waals surface area contributed by atoms with Crippen LogP contribution >= 0.6 is 11.6 Å². The first kappa shape index (κ1) is 11.4. The minimum Gasteiger partial charge on any atom is -0.253 e. The van der Waals surface area contributed by atoms with E-state index in [1.807, 2.05) is 13.0 Å². The summed E-state index contributed by atoms with van der Waals surface area (Å²) in [7, 11) is 0. The van der Waals surface area contributed by atoms with Crippen molar-refractivity contribution in [3.63, 3.8) is 0 Å². The highest BCUT2D eigenvalue weighted by atomic mass is 35.5. The van der Waals surface area contributed by atoms with Crippen LogP contribution in [0.25, 0.3) is 10.9 Å². The van der Waals surface area contributed by atoms with E-state index in [1.165, 1.54) is 0 Å². The highest BCUT2D eigenvalue weighted by Gasteiger charge is 2.03. The fraction of sp³-hybridized carbons (Fsp3) is 0.357. The number of pyridine rings is 1. The van der Waals surface area contributed by atoms with E-state index in [2.05, 4.69) is 37.0 Å². The minimum atomic E-state index is 0.630. The van der Waals surface area contributed by atoms with Crippen molar-refractivity contribution < 1.29 is 0 Å². The van der Waals surface area contributed by atoms with Crippen LogP contribution in [-0.4, -0.2) is 4.98 Å². The van der Waals surface area contributed by atoms with Crippen molar-refractivity contribution in [2.24, 2.45) is 5.92 Å². The second kappa shape index (κ2) is 4.42. The smallest absolute Gasteiger partial charge is 0.0720 e. The average Bonchev–Trinajstić information content (AvgIpc) is 2.19. The number of aryl methyl sites for hydroxylation is 1. The molecule has 0 aliphatic rings. The Hall–Kier alpha value is -1.08. The predicted octanol–water partition coefficient (Wildman–Crippen LogP) is 4.40. The van der Waals surface area contributed by atoms with Crippen LogP contribution in [0.2, 0.25) is 5.02 Å². The monoisotopic (exact) mass is 233 g/mol. The molecule has 0 saturated carbocycles. The quantitative estimate of drug-likeness (QED) is 0.750. The Bertz CT molecular complexity index is 517. The van der Waals surface area contributed by atoms with Gasteiger partial charge in [0.25, 0.3) is 0 Å². The fourth-order valence-electron chi connectivity index (χ4n) is 1.83. The number of fused-ring (bicyclic) bond motifs is 1. The lowest BCUT2D eigenvalue weighted by Gasteiger charge is -2.07. The zero-order valence-electron chi connectivity index (χ0n) is 9.92. The van der Waals surface area contributed by atoms with Gasteiger partial charge in [0.15, 0.2) is 0 Å². The number of aromatic nitrogens is 1. The van der Waals surface area contributed by atoms with Gasteiger partial charge in [-0.1, -0.05) is 31.5 Å². The third-order valence-electron chi connectivity index (χ3n) is 2.64. The van der Waals surface area contributed by atoms with E-state index >= 15 is 0 Å². The van der Waals surface area contributed by atoms with Crippen molar-refractivity contribution in [3.8, 4) is 0 Å². The van der Waals surface area contributed by atoms with E-state index < -0.39 is 0 Å². The van der Waals surface area contributed by atoms with E-state index in [0.717, 1.165) is 33.6 Å². The van der Waals surface area contributed by atoms with Gasteiger partial charge in [-0.25, -0.2) is 0 Å². The van der Waals surface area contributed by atoms with E-state index in [1.54, 1.807) is 0 Å². The number of halogens is 1. The molecule has 0 amide bonds. The molecule has 0 aliphatic carbocycles. The van der Waals surface area contributed by atoms with E-state index in [0.29, 0.717) is 5.92 Å². The van der Waals surface area contributed by atoms with Crippen LogP contribution in [0, 0.1) is 12.8 Å². The average molecular weight is 234 g/mol. The van der Waals surface area contributed by atoms with Crippen molar-refractivity contribution >= 4 is 22.5 Å². The molecule has 84 valence electrons. The topological polar surface area (TPSA) is 12.9 Å². The van der Waals surface area contributed by atoms with Gasteiger partial charge in [-0.15, -0.1) is 0 Å². The molecule has 0 fully saturated rings. The van der Waals surface area contributed by atoms with E-state index in [4.69, 9.17) is 11.6 Å². The second-order valence-electron chi connectivity index (χ2n) is 4.69. The van der Waals surface area contributed by atoms with Gasteiger partial charge in [0.05, 0.1) is 5.52 Å². The first-order valence-electron chi connectivity index (χ1n) is 5.62. The minimum absolute atomic E-state index is 0.630. The largest absolute Gasteiger partial charge is 0.253 e. The number of hydrogen-bond acceptors (Lipinski definition) is 1. The molecule has 0 saturated heterocycles.